The molecule has 7 heteroatoms. The lowest BCUT2D eigenvalue weighted by atomic mass is 9.75. The van der Waals surface area contributed by atoms with Crippen LogP contribution in [-0.4, -0.2) is 46.3 Å². The number of carbonyl (C=O) groups is 2. The maximum Gasteiger partial charge on any atom is 0.314 e. The lowest BCUT2D eigenvalue weighted by Crippen LogP contribution is -2.51. The van der Waals surface area contributed by atoms with Gasteiger partial charge in [-0.3, -0.25) is 14.3 Å². The van der Waals surface area contributed by atoms with Crippen LogP contribution in [0, 0.1) is 19.3 Å². The van der Waals surface area contributed by atoms with E-state index in [0.29, 0.717) is 50.5 Å². The standard InChI is InChI=1S/C23H30ClN3O3/c1-4-30-22(29)23(15-19-7-5-8-20(24)14-19)10-6-11-26(16-23)21(28)9-12-27-18(3)13-17(2)25-27/h5,7-8,13-14H,4,6,9-12,15-16H2,1-3H3/t23-/m0/s1. The monoisotopic (exact) mass is 431 g/mol. The number of piperidine rings is 1. The quantitative estimate of drug-likeness (QED) is 0.622. The molecule has 1 fully saturated rings. The van der Waals surface area contributed by atoms with Crippen molar-refractivity contribution in [1.82, 2.24) is 14.7 Å². The van der Waals surface area contributed by atoms with Crippen molar-refractivity contribution in [3.05, 3.63) is 52.3 Å². The average Bonchev–Trinajstić information content (AvgIpc) is 3.03. The zero-order valence-corrected chi connectivity index (χ0v) is 18.7. The molecule has 1 aromatic carbocycles. The zero-order chi connectivity index (χ0) is 21.7. The van der Waals surface area contributed by atoms with Crippen molar-refractivity contribution in [3.63, 3.8) is 0 Å². The van der Waals surface area contributed by atoms with Crippen LogP contribution >= 0.6 is 11.6 Å². The van der Waals surface area contributed by atoms with E-state index in [1.54, 1.807) is 0 Å². The summed E-state index contributed by atoms with van der Waals surface area (Å²) in [6.45, 7) is 7.63. The predicted molar refractivity (Wildman–Crippen MR) is 116 cm³/mol. The van der Waals surface area contributed by atoms with Crippen LogP contribution in [0.3, 0.4) is 0 Å². The van der Waals surface area contributed by atoms with Gasteiger partial charge in [-0.05, 0) is 63.8 Å². The maximum absolute atomic E-state index is 13.0. The van der Waals surface area contributed by atoms with Crippen LogP contribution < -0.4 is 0 Å². The van der Waals surface area contributed by atoms with Gasteiger partial charge in [0.1, 0.15) is 0 Å². The number of hydrogen-bond acceptors (Lipinski definition) is 4. The molecule has 0 spiro atoms. The van der Waals surface area contributed by atoms with E-state index in [1.807, 2.05) is 60.7 Å². The van der Waals surface area contributed by atoms with E-state index in [0.717, 1.165) is 23.4 Å². The number of ether oxygens (including phenoxy) is 1. The van der Waals surface area contributed by atoms with Gasteiger partial charge < -0.3 is 9.64 Å². The van der Waals surface area contributed by atoms with Gasteiger partial charge in [-0.15, -0.1) is 0 Å². The third-order valence-corrected chi connectivity index (χ3v) is 5.95. The first-order valence-electron chi connectivity index (χ1n) is 10.5. The molecule has 1 aliphatic heterocycles. The molecule has 1 saturated heterocycles. The highest BCUT2D eigenvalue weighted by atomic mass is 35.5. The van der Waals surface area contributed by atoms with E-state index in [1.165, 1.54) is 0 Å². The molecule has 0 bridgehead atoms. The normalized spacial score (nSPS) is 19.0. The van der Waals surface area contributed by atoms with Crippen molar-refractivity contribution in [1.29, 1.82) is 0 Å². The highest BCUT2D eigenvalue weighted by molar-refractivity contribution is 6.30. The molecule has 2 heterocycles. The van der Waals surface area contributed by atoms with Crippen molar-refractivity contribution in [3.8, 4) is 0 Å². The molecule has 1 aromatic heterocycles. The van der Waals surface area contributed by atoms with Gasteiger partial charge >= 0.3 is 5.97 Å². The molecule has 6 nitrogen and oxygen atoms in total. The second-order valence-electron chi connectivity index (χ2n) is 8.13. The summed E-state index contributed by atoms with van der Waals surface area (Å²) in [5.41, 5.74) is 2.22. The lowest BCUT2D eigenvalue weighted by Gasteiger charge is -2.41. The van der Waals surface area contributed by atoms with Crippen LogP contribution in [0.25, 0.3) is 0 Å². The minimum Gasteiger partial charge on any atom is -0.466 e. The second-order valence-corrected chi connectivity index (χ2v) is 8.56. The number of aromatic nitrogens is 2. The van der Waals surface area contributed by atoms with E-state index in [9.17, 15) is 9.59 Å². The second kappa shape index (κ2) is 9.65. The third kappa shape index (κ3) is 5.22. The number of hydrogen-bond donors (Lipinski definition) is 0. The van der Waals surface area contributed by atoms with E-state index < -0.39 is 5.41 Å². The summed E-state index contributed by atoms with van der Waals surface area (Å²) in [5.74, 6) is -0.192. The molecule has 1 aliphatic rings. The van der Waals surface area contributed by atoms with Crippen molar-refractivity contribution in [2.75, 3.05) is 19.7 Å². The fraction of sp³-hybridized carbons (Fsp3) is 0.522. The number of likely N-dealkylation sites (tertiary alicyclic amines) is 1. The molecule has 30 heavy (non-hydrogen) atoms. The van der Waals surface area contributed by atoms with Gasteiger partial charge in [-0.2, -0.15) is 5.10 Å². The molecule has 0 unspecified atom stereocenters. The van der Waals surface area contributed by atoms with Crippen LogP contribution in [0.15, 0.2) is 30.3 Å². The smallest absolute Gasteiger partial charge is 0.314 e. The lowest BCUT2D eigenvalue weighted by molar-refractivity contribution is -0.160. The summed E-state index contributed by atoms with van der Waals surface area (Å²) < 4.78 is 7.30. The third-order valence-electron chi connectivity index (χ3n) is 5.71. The minimum absolute atomic E-state index is 0.0435. The van der Waals surface area contributed by atoms with Crippen molar-refractivity contribution < 1.29 is 14.3 Å². The van der Waals surface area contributed by atoms with E-state index >= 15 is 0 Å². The van der Waals surface area contributed by atoms with Gasteiger partial charge in [0.25, 0.3) is 0 Å². The Morgan fingerprint density at radius 3 is 2.73 bits per heavy atom. The van der Waals surface area contributed by atoms with Gasteiger partial charge in [-0.25, -0.2) is 0 Å². The van der Waals surface area contributed by atoms with E-state index in [2.05, 4.69) is 5.10 Å². The summed E-state index contributed by atoms with van der Waals surface area (Å²) in [6, 6.07) is 9.55. The molecule has 1 amide bonds. The van der Waals surface area contributed by atoms with Gasteiger partial charge in [0.2, 0.25) is 5.91 Å². The fourth-order valence-electron chi connectivity index (χ4n) is 4.31. The number of carbonyl (C=O) groups excluding carboxylic acids is 2. The molecule has 0 saturated carbocycles. The Balaban J connectivity index is 1.74. The number of halogens is 1. The Hall–Kier alpha value is -2.34. The Bertz CT molecular complexity index is 911. The largest absolute Gasteiger partial charge is 0.466 e. The van der Waals surface area contributed by atoms with Gasteiger partial charge in [0, 0.05) is 36.8 Å². The van der Waals surface area contributed by atoms with Gasteiger partial charge in [0.05, 0.1) is 17.7 Å². The Labute approximate surface area is 183 Å². The van der Waals surface area contributed by atoms with Crippen molar-refractivity contribution in [2.45, 2.75) is 53.0 Å². The molecule has 0 aliphatic carbocycles. The number of rotatable bonds is 7. The topological polar surface area (TPSA) is 64.4 Å². The van der Waals surface area contributed by atoms with Gasteiger partial charge in [-0.1, -0.05) is 23.7 Å². The highest BCUT2D eigenvalue weighted by Gasteiger charge is 2.44. The first kappa shape index (κ1) is 22.3. The van der Waals surface area contributed by atoms with Crippen molar-refractivity contribution >= 4 is 23.5 Å². The molecule has 2 aromatic rings. The summed E-state index contributed by atoms with van der Waals surface area (Å²) in [7, 11) is 0. The molecular formula is C23H30ClN3O3. The Kier molecular flexibility index (Phi) is 7.19. The number of aryl methyl sites for hydroxylation is 3. The molecular weight excluding hydrogens is 402 g/mol. The van der Waals surface area contributed by atoms with Crippen LogP contribution in [0.1, 0.15) is 43.1 Å². The summed E-state index contributed by atoms with van der Waals surface area (Å²) in [5, 5.41) is 5.07. The molecule has 162 valence electrons. The summed E-state index contributed by atoms with van der Waals surface area (Å²) >= 11 is 6.15. The fourth-order valence-corrected chi connectivity index (χ4v) is 4.52. The molecule has 3 rings (SSSR count). The molecule has 0 N–H and O–H groups in total. The average molecular weight is 432 g/mol. The molecule has 1 atom stereocenters. The number of esters is 1. The summed E-state index contributed by atoms with van der Waals surface area (Å²) in [6.07, 6.45) is 2.33. The van der Waals surface area contributed by atoms with Gasteiger partial charge in [0.15, 0.2) is 0 Å². The predicted octanol–water partition coefficient (Wildman–Crippen LogP) is 3.96. The first-order chi connectivity index (χ1) is 14.3. The zero-order valence-electron chi connectivity index (χ0n) is 18.0. The number of amides is 1. The van der Waals surface area contributed by atoms with E-state index in [4.69, 9.17) is 16.3 Å². The summed E-state index contributed by atoms with van der Waals surface area (Å²) in [4.78, 5) is 27.8. The number of nitrogens with zero attached hydrogens (tertiary/aromatic N) is 3. The Morgan fingerprint density at radius 1 is 1.27 bits per heavy atom. The minimum atomic E-state index is -0.743. The van der Waals surface area contributed by atoms with Crippen molar-refractivity contribution in [2.24, 2.45) is 5.41 Å². The Morgan fingerprint density at radius 2 is 2.07 bits per heavy atom. The number of benzene rings is 1. The SMILES string of the molecule is CCOC(=O)[C@]1(Cc2cccc(Cl)c2)CCCN(C(=O)CCn2nc(C)cc2C)C1. The first-order valence-corrected chi connectivity index (χ1v) is 10.9. The van der Waals surface area contributed by atoms with Crippen LogP contribution in [0.4, 0.5) is 0 Å². The highest BCUT2D eigenvalue weighted by Crippen LogP contribution is 2.36. The van der Waals surface area contributed by atoms with Crippen LogP contribution in [0.5, 0.6) is 0 Å². The van der Waals surface area contributed by atoms with Crippen LogP contribution in [0.2, 0.25) is 5.02 Å². The maximum atomic E-state index is 13.0. The van der Waals surface area contributed by atoms with E-state index in [-0.39, 0.29) is 11.9 Å². The van der Waals surface area contributed by atoms with Crippen LogP contribution in [-0.2, 0) is 27.3 Å². The molecule has 0 radical (unpaired) electrons.